The lowest BCUT2D eigenvalue weighted by atomic mass is 10.1. The molecule has 0 unspecified atom stereocenters. The largest absolute Gasteiger partial charge is 0.437 e. The number of ether oxygens (including phenoxy) is 1. The zero-order chi connectivity index (χ0) is 13.1. The Bertz CT molecular complexity index is 575. The molecule has 0 atom stereocenters. The third-order valence-corrected chi connectivity index (χ3v) is 3.11. The Morgan fingerprint density at radius 2 is 1.94 bits per heavy atom. The highest BCUT2D eigenvalue weighted by Gasteiger charge is 2.08. The number of aryl methyl sites for hydroxylation is 1. The molecule has 1 aromatic heterocycles. The number of nitrogens with zero attached hydrogens (tertiary/aromatic N) is 2. The Balaban J connectivity index is 2.31. The molecule has 1 aromatic carbocycles. The lowest BCUT2D eigenvalue weighted by molar-refractivity contribution is 0.461. The second-order valence-electron chi connectivity index (χ2n) is 3.50. The normalized spacial score (nSPS) is 10.4. The van der Waals surface area contributed by atoms with Crippen molar-refractivity contribution < 1.29 is 4.74 Å². The molecule has 0 spiro atoms. The Kier molecular flexibility index (Phi) is 4.27. The molecule has 1 heterocycles. The highest BCUT2D eigenvalue weighted by molar-refractivity contribution is 6.32. The Morgan fingerprint density at radius 1 is 1.17 bits per heavy atom. The van der Waals surface area contributed by atoms with Crippen molar-refractivity contribution in [2.45, 2.75) is 13.3 Å². The van der Waals surface area contributed by atoms with Gasteiger partial charge in [-0.25, -0.2) is 4.98 Å². The Hall–Kier alpha value is -1.03. The molecule has 6 heteroatoms. The summed E-state index contributed by atoms with van der Waals surface area (Å²) in [5, 5.41) is 1.09. The second kappa shape index (κ2) is 5.74. The van der Waals surface area contributed by atoms with Gasteiger partial charge in [-0.2, -0.15) is 4.98 Å². The predicted octanol–water partition coefficient (Wildman–Crippen LogP) is 4.79. The fourth-order valence-electron chi connectivity index (χ4n) is 1.40. The van der Waals surface area contributed by atoms with Crippen LogP contribution in [0.5, 0.6) is 11.6 Å². The molecule has 0 N–H and O–H groups in total. The Morgan fingerprint density at radius 3 is 2.67 bits per heavy atom. The van der Waals surface area contributed by atoms with Crippen LogP contribution in [0.15, 0.2) is 24.4 Å². The first-order valence-corrected chi connectivity index (χ1v) is 6.38. The fourth-order valence-corrected chi connectivity index (χ4v) is 1.91. The second-order valence-corrected chi connectivity index (χ2v) is 4.65. The lowest BCUT2D eigenvalue weighted by Crippen LogP contribution is -1.92. The number of aromatic nitrogens is 2. The SMILES string of the molecule is CCc1cc(Oc2nc(Cl)ncc2Cl)ccc1Cl. The summed E-state index contributed by atoms with van der Waals surface area (Å²) in [5.74, 6) is 0.828. The van der Waals surface area contributed by atoms with E-state index in [-0.39, 0.29) is 11.2 Å². The predicted molar refractivity (Wildman–Crippen MR) is 73.0 cm³/mol. The van der Waals surface area contributed by atoms with Crippen LogP contribution in [0.3, 0.4) is 0 Å². The molecule has 0 fully saturated rings. The van der Waals surface area contributed by atoms with Gasteiger partial charge in [0.2, 0.25) is 11.2 Å². The van der Waals surface area contributed by atoms with E-state index in [4.69, 9.17) is 39.5 Å². The summed E-state index contributed by atoms with van der Waals surface area (Å²) in [6.45, 7) is 2.01. The van der Waals surface area contributed by atoms with Crippen LogP contribution in [0.2, 0.25) is 15.3 Å². The monoisotopic (exact) mass is 302 g/mol. The molecule has 2 rings (SSSR count). The quantitative estimate of drug-likeness (QED) is 0.765. The van der Waals surface area contributed by atoms with Crippen molar-refractivity contribution in [3.05, 3.63) is 45.3 Å². The maximum absolute atomic E-state index is 6.03. The van der Waals surface area contributed by atoms with Crippen molar-refractivity contribution in [1.29, 1.82) is 0 Å². The number of halogens is 3. The van der Waals surface area contributed by atoms with Crippen LogP contribution >= 0.6 is 34.8 Å². The van der Waals surface area contributed by atoms with E-state index in [1.807, 2.05) is 13.0 Å². The topological polar surface area (TPSA) is 35.0 Å². The van der Waals surface area contributed by atoms with Gasteiger partial charge in [0.05, 0.1) is 6.20 Å². The van der Waals surface area contributed by atoms with Gasteiger partial charge >= 0.3 is 0 Å². The summed E-state index contributed by atoms with van der Waals surface area (Å²) >= 11 is 17.6. The number of rotatable bonds is 3. The van der Waals surface area contributed by atoms with Crippen LogP contribution in [-0.4, -0.2) is 9.97 Å². The molecule has 0 bridgehead atoms. The third-order valence-electron chi connectivity index (χ3n) is 2.30. The van der Waals surface area contributed by atoms with E-state index in [1.165, 1.54) is 6.20 Å². The third kappa shape index (κ3) is 3.05. The highest BCUT2D eigenvalue weighted by atomic mass is 35.5. The first kappa shape index (κ1) is 13.4. The maximum atomic E-state index is 6.03. The van der Waals surface area contributed by atoms with Crippen LogP contribution in [0.25, 0.3) is 0 Å². The molecular weight excluding hydrogens is 295 g/mol. The molecule has 0 aliphatic carbocycles. The first-order valence-electron chi connectivity index (χ1n) is 5.24. The molecular formula is C12H9Cl3N2O. The smallest absolute Gasteiger partial charge is 0.242 e. The lowest BCUT2D eigenvalue weighted by Gasteiger charge is -2.08. The van der Waals surface area contributed by atoms with E-state index in [9.17, 15) is 0 Å². The van der Waals surface area contributed by atoms with E-state index in [0.29, 0.717) is 15.8 Å². The van der Waals surface area contributed by atoms with Crippen molar-refractivity contribution >= 4 is 34.8 Å². The number of benzene rings is 1. The summed E-state index contributed by atoms with van der Waals surface area (Å²) in [6.07, 6.45) is 2.21. The minimum Gasteiger partial charge on any atom is -0.437 e. The van der Waals surface area contributed by atoms with Crippen molar-refractivity contribution in [2.75, 3.05) is 0 Å². The van der Waals surface area contributed by atoms with Gasteiger partial charge in [0, 0.05) is 5.02 Å². The van der Waals surface area contributed by atoms with Gasteiger partial charge in [0.1, 0.15) is 10.8 Å². The molecule has 0 aliphatic rings. The van der Waals surface area contributed by atoms with Crippen LogP contribution in [-0.2, 0) is 6.42 Å². The van der Waals surface area contributed by atoms with Gasteiger partial charge in [-0.1, -0.05) is 30.1 Å². The fraction of sp³-hybridized carbons (Fsp3) is 0.167. The van der Waals surface area contributed by atoms with E-state index >= 15 is 0 Å². The Labute approximate surface area is 120 Å². The van der Waals surface area contributed by atoms with Gasteiger partial charge < -0.3 is 4.74 Å². The minimum absolute atomic E-state index is 0.0825. The van der Waals surface area contributed by atoms with E-state index < -0.39 is 0 Å². The average Bonchev–Trinajstić information content (AvgIpc) is 2.36. The van der Waals surface area contributed by atoms with E-state index in [0.717, 1.165) is 12.0 Å². The van der Waals surface area contributed by atoms with Crippen LogP contribution in [0.1, 0.15) is 12.5 Å². The maximum Gasteiger partial charge on any atom is 0.242 e. The van der Waals surface area contributed by atoms with Crippen molar-refractivity contribution in [3.8, 4) is 11.6 Å². The van der Waals surface area contributed by atoms with Gasteiger partial charge in [0.25, 0.3) is 0 Å². The van der Waals surface area contributed by atoms with Gasteiger partial charge in [-0.15, -0.1) is 0 Å². The summed E-state index contributed by atoms with van der Waals surface area (Å²) < 4.78 is 5.56. The van der Waals surface area contributed by atoms with Crippen LogP contribution in [0.4, 0.5) is 0 Å². The minimum atomic E-state index is 0.0825. The van der Waals surface area contributed by atoms with Crippen molar-refractivity contribution in [2.24, 2.45) is 0 Å². The number of hydrogen-bond acceptors (Lipinski definition) is 3. The van der Waals surface area contributed by atoms with Crippen molar-refractivity contribution in [3.63, 3.8) is 0 Å². The summed E-state index contributed by atoms with van der Waals surface area (Å²) in [4.78, 5) is 7.66. The molecule has 0 amide bonds. The molecule has 0 radical (unpaired) electrons. The molecule has 2 aromatic rings. The van der Waals surface area contributed by atoms with Gasteiger partial charge in [-0.3, -0.25) is 0 Å². The average molecular weight is 304 g/mol. The number of hydrogen-bond donors (Lipinski definition) is 0. The standard InChI is InChI=1S/C12H9Cl3N2O/c1-2-7-5-8(3-4-9(7)13)18-11-10(14)6-16-12(15)17-11/h3-6H,2H2,1H3. The molecule has 0 saturated carbocycles. The zero-order valence-electron chi connectivity index (χ0n) is 9.45. The molecule has 3 nitrogen and oxygen atoms in total. The zero-order valence-corrected chi connectivity index (χ0v) is 11.7. The molecule has 0 aliphatic heterocycles. The summed E-state index contributed by atoms with van der Waals surface area (Å²) in [6, 6.07) is 5.36. The van der Waals surface area contributed by atoms with Gasteiger partial charge in [0.15, 0.2) is 0 Å². The highest BCUT2D eigenvalue weighted by Crippen LogP contribution is 2.30. The first-order chi connectivity index (χ1) is 8.60. The molecule has 94 valence electrons. The van der Waals surface area contributed by atoms with Crippen molar-refractivity contribution in [1.82, 2.24) is 9.97 Å². The summed E-state index contributed by atoms with van der Waals surface area (Å²) in [5.41, 5.74) is 0.991. The molecule has 18 heavy (non-hydrogen) atoms. The summed E-state index contributed by atoms with van der Waals surface area (Å²) in [7, 11) is 0. The van der Waals surface area contributed by atoms with E-state index in [2.05, 4.69) is 9.97 Å². The van der Waals surface area contributed by atoms with E-state index in [1.54, 1.807) is 12.1 Å². The van der Waals surface area contributed by atoms with Crippen LogP contribution < -0.4 is 4.74 Å². The molecule has 0 saturated heterocycles. The van der Waals surface area contributed by atoms with Crippen LogP contribution in [0, 0.1) is 0 Å². The van der Waals surface area contributed by atoms with Gasteiger partial charge in [-0.05, 0) is 41.8 Å².